The molecule has 0 aromatic heterocycles. The lowest BCUT2D eigenvalue weighted by atomic mass is 9.98. The molecule has 0 rings (SSSR count). The van der Waals surface area contributed by atoms with Crippen molar-refractivity contribution in [2.24, 2.45) is 5.92 Å². The zero-order valence-corrected chi connectivity index (χ0v) is 10.8. The molecule has 0 saturated carbocycles. The standard InChI is InChI=1S/C13H24O3/c1-4-6-7-8-13(15)9-12(5-2)10-16-11(3)14/h12H,4-10H2,1-3H3. The number of esters is 1. The van der Waals surface area contributed by atoms with Gasteiger partial charge in [-0.3, -0.25) is 9.59 Å². The van der Waals surface area contributed by atoms with Crippen LogP contribution in [-0.2, 0) is 14.3 Å². The van der Waals surface area contributed by atoms with Crippen LogP contribution in [0.3, 0.4) is 0 Å². The Labute approximate surface area is 98.6 Å². The van der Waals surface area contributed by atoms with Gasteiger partial charge in [0.2, 0.25) is 0 Å². The molecule has 0 bridgehead atoms. The predicted octanol–water partition coefficient (Wildman–Crippen LogP) is 3.12. The molecule has 3 heteroatoms. The second-order valence-corrected chi connectivity index (χ2v) is 4.28. The minimum Gasteiger partial charge on any atom is -0.466 e. The van der Waals surface area contributed by atoms with E-state index in [-0.39, 0.29) is 11.9 Å². The molecule has 0 amide bonds. The number of ketones is 1. The quantitative estimate of drug-likeness (QED) is 0.450. The molecule has 94 valence electrons. The van der Waals surface area contributed by atoms with E-state index in [0.29, 0.717) is 25.2 Å². The maximum absolute atomic E-state index is 11.6. The summed E-state index contributed by atoms with van der Waals surface area (Å²) >= 11 is 0. The smallest absolute Gasteiger partial charge is 0.302 e. The summed E-state index contributed by atoms with van der Waals surface area (Å²) in [5.41, 5.74) is 0. The Bertz CT molecular complexity index is 211. The molecule has 0 fully saturated rings. The van der Waals surface area contributed by atoms with Crippen LogP contribution in [-0.4, -0.2) is 18.4 Å². The molecule has 0 spiro atoms. The van der Waals surface area contributed by atoms with E-state index in [4.69, 9.17) is 4.74 Å². The fraction of sp³-hybridized carbons (Fsp3) is 0.846. The van der Waals surface area contributed by atoms with Crippen LogP contribution in [0.1, 0.15) is 59.3 Å². The summed E-state index contributed by atoms with van der Waals surface area (Å²) < 4.78 is 4.93. The lowest BCUT2D eigenvalue weighted by Gasteiger charge is -2.13. The number of unbranched alkanes of at least 4 members (excludes halogenated alkanes) is 2. The molecule has 0 N–H and O–H groups in total. The average Bonchev–Trinajstić information content (AvgIpc) is 2.24. The van der Waals surface area contributed by atoms with Gasteiger partial charge >= 0.3 is 5.97 Å². The molecular weight excluding hydrogens is 204 g/mol. The summed E-state index contributed by atoms with van der Waals surface area (Å²) in [6.45, 7) is 5.93. The molecule has 0 aliphatic rings. The summed E-state index contributed by atoms with van der Waals surface area (Å²) in [5.74, 6) is 0.224. The molecule has 0 aliphatic heterocycles. The van der Waals surface area contributed by atoms with Gasteiger partial charge in [-0.1, -0.05) is 26.7 Å². The van der Waals surface area contributed by atoms with Gasteiger partial charge in [-0.05, 0) is 18.8 Å². The normalized spacial score (nSPS) is 12.2. The summed E-state index contributed by atoms with van der Waals surface area (Å²) in [4.78, 5) is 22.2. The Kier molecular flexibility index (Phi) is 8.87. The Morgan fingerprint density at radius 3 is 2.38 bits per heavy atom. The molecule has 0 aliphatic carbocycles. The number of carbonyl (C=O) groups is 2. The third-order valence-electron chi connectivity index (χ3n) is 2.68. The van der Waals surface area contributed by atoms with Crippen LogP contribution in [0.15, 0.2) is 0 Å². The van der Waals surface area contributed by atoms with Crippen molar-refractivity contribution >= 4 is 11.8 Å². The Morgan fingerprint density at radius 1 is 1.19 bits per heavy atom. The van der Waals surface area contributed by atoms with E-state index in [2.05, 4.69) is 6.92 Å². The summed E-state index contributed by atoms with van der Waals surface area (Å²) in [7, 11) is 0. The van der Waals surface area contributed by atoms with Gasteiger partial charge in [0, 0.05) is 19.8 Å². The van der Waals surface area contributed by atoms with Gasteiger partial charge in [0.1, 0.15) is 5.78 Å². The fourth-order valence-electron chi connectivity index (χ4n) is 1.55. The van der Waals surface area contributed by atoms with Crippen LogP contribution >= 0.6 is 0 Å². The van der Waals surface area contributed by atoms with Crippen molar-refractivity contribution in [3.8, 4) is 0 Å². The second-order valence-electron chi connectivity index (χ2n) is 4.28. The van der Waals surface area contributed by atoms with Crippen LogP contribution in [0.2, 0.25) is 0 Å². The van der Waals surface area contributed by atoms with Crippen molar-refractivity contribution in [2.45, 2.75) is 59.3 Å². The third-order valence-corrected chi connectivity index (χ3v) is 2.68. The van der Waals surface area contributed by atoms with Gasteiger partial charge in [-0.15, -0.1) is 0 Å². The molecular formula is C13H24O3. The van der Waals surface area contributed by atoms with Gasteiger partial charge in [0.05, 0.1) is 6.61 Å². The van der Waals surface area contributed by atoms with Gasteiger partial charge in [-0.2, -0.15) is 0 Å². The van der Waals surface area contributed by atoms with Crippen molar-refractivity contribution in [2.75, 3.05) is 6.61 Å². The number of hydrogen-bond acceptors (Lipinski definition) is 3. The molecule has 3 nitrogen and oxygen atoms in total. The van der Waals surface area contributed by atoms with E-state index in [1.807, 2.05) is 6.92 Å². The van der Waals surface area contributed by atoms with Gasteiger partial charge in [-0.25, -0.2) is 0 Å². The highest BCUT2D eigenvalue weighted by atomic mass is 16.5. The Hall–Kier alpha value is -0.860. The molecule has 0 aromatic carbocycles. The van der Waals surface area contributed by atoms with Crippen LogP contribution < -0.4 is 0 Å². The summed E-state index contributed by atoms with van der Waals surface area (Å²) in [5, 5.41) is 0. The van der Waals surface area contributed by atoms with E-state index in [1.165, 1.54) is 6.92 Å². The monoisotopic (exact) mass is 228 g/mol. The SMILES string of the molecule is CCCCCC(=O)CC(CC)COC(C)=O. The summed E-state index contributed by atoms with van der Waals surface area (Å²) in [6, 6.07) is 0. The molecule has 0 aromatic rings. The number of hydrogen-bond donors (Lipinski definition) is 0. The predicted molar refractivity (Wildman–Crippen MR) is 64.2 cm³/mol. The minimum absolute atomic E-state index is 0.193. The first kappa shape index (κ1) is 15.1. The number of Topliss-reactive ketones (excluding diaryl/α,β-unsaturated/α-hetero) is 1. The van der Waals surface area contributed by atoms with Crippen molar-refractivity contribution in [3.05, 3.63) is 0 Å². The molecule has 0 heterocycles. The van der Waals surface area contributed by atoms with Crippen molar-refractivity contribution in [1.29, 1.82) is 0 Å². The Morgan fingerprint density at radius 2 is 1.88 bits per heavy atom. The zero-order chi connectivity index (χ0) is 12.4. The molecule has 1 unspecified atom stereocenters. The van der Waals surface area contributed by atoms with E-state index in [9.17, 15) is 9.59 Å². The maximum Gasteiger partial charge on any atom is 0.302 e. The van der Waals surface area contributed by atoms with Gasteiger partial charge in [0.15, 0.2) is 0 Å². The van der Waals surface area contributed by atoms with Gasteiger partial charge in [0.25, 0.3) is 0 Å². The van der Waals surface area contributed by atoms with E-state index < -0.39 is 0 Å². The number of ether oxygens (including phenoxy) is 1. The molecule has 0 saturated heterocycles. The van der Waals surface area contributed by atoms with E-state index >= 15 is 0 Å². The van der Waals surface area contributed by atoms with Crippen LogP contribution in [0.5, 0.6) is 0 Å². The highest BCUT2D eigenvalue weighted by molar-refractivity contribution is 5.78. The lowest BCUT2D eigenvalue weighted by molar-refractivity contribution is -0.143. The highest BCUT2D eigenvalue weighted by Gasteiger charge is 2.13. The van der Waals surface area contributed by atoms with E-state index in [1.54, 1.807) is 0 Å². The highest BCUT2D eigenvalue weighted by Crippen LogP contribution is 2.12. The lowest BCUT2D eigenvalue weighted by Crippen LogP contribution is -2.15. The van der Waals surface area contributed by atoms with Crippen LogP contribution in [0, 0.1) is 5.92 Å². The van der Waals surface area contributed by atoms with Crippen LogP contribution in [0.4, 0.5) is 0 Å². The first-order valence-corrected chi connectivity index (χ1v) is 6.25. The Balaban J connectivity index is 3.74. The largest absolute Gasteiger partial charge is 0.466 e. The zero-order valence-electron chi connectivity index (χ0n) is 10.8. The summed E-state index contributed by atoms with van der Waals surface area (Å²) in [6.07, 6.45) is 5.34. The molecule has 0 radical (unpaired) electrons. The number of carbonyl (C=O) groups excluding carboxylic acids is 2. The molecule has 16 heavy (non-hydrogen) atoms. The minimum atomic E-state index is -0.267. The first-order valence-electron chi connectivity index (χ1n) is 6.25. The maximum atomic E-state index is 11.6. The van der Waals surface area contributed by atoms with Crippen molar-refractivity contribution in [3.63, 3.8) is 0 Å². The average molecular weight is 228 g/mol. The van der Waals surface area contributed by atoms with Gasteiger partial charge < -0.3 is 4.74 Å². The molecule has 1 atom stereocenters. The fourth-order valence-corrected chi connectivity index (χ4v) is 1.55. The van der Waals surface area contributed by atoms with Crippen LogP contribution in [0.25, 0.3) is 0 Å². The topological polar surface area (TPSA) is 43.4 Å². The number of rotatable bonds is 9. The van der Waals surface area contributed by atoms with Crippen molar-refractivity contribution in [1.82, 2.24) is 0 Å². The second kappa shape index (κ2) is 9.37. The van der Waals surface area contributed by atoms with E-state index in [0.717, 1.165) is 25.7 Å². The van der Waals surface area contributed by atoms with Crippen molar-refractivity contribution < 1.29 is 14.3 Å². The first-order chi connectivity index (χ1) is 7.60. The third kappa shape index (κ3) is 8.45.